The summed E-state index contributed by atoms with van der Waals surface area (Å²) >= 11 is 0. The number of nitrogens with one attached hydrogen (secondary N) is 1. The van der Waals surface area contributed by atoms with E-state index < -0.39 is 53.6 Å². The van der Waals surface area contributed by atoms with Crippen molar-refractivity contribution in [2.75, 3.05) is 6.61 Å². The third-order valence-electron chi connectivity index (χ3n) is 3.52. The predicted octanol–water partition coefficient (Wildman–Crippen LogP) is 0.578. The number of nitroso groups, excluding NO2 is 1. The summed E-state index contributed by atoms with van der Waals surface area (Å²) in [7, 11) is -16.4. The van der Waals surface area contributed by atoms with Gasteiger partial charge in [-0.15, -0.1) is 4.91 Å². The van der Waals surface area contributed by atoms with E-state index in [4.69, 9.17) is 14.5 Å². The number of nitrogens with zero attached hydrogens (tertiary/aromatic N) is 2. The summed E-state index contributed by atoms with van der Waals surface area (Å²) < 4.78 is 52.5. The lowest BCUT2D eigenvalue weighted by atomic mass is 10.1. The molecule has 16 nitrogen and oxygen atoms in total. The fourth-order valence-corrected chi connectivity index (χ4v) is 5.66. The second-order valence-corrected chi connectivity index (χ2v) is 10.4. The van der Waals surface area contributed by atoms with Gasteiger partial charge in [0.15, 0.2) is 0 Å². The summed E-state index contributed by atoms with van der Waals surface area (Å²) in [5.74, 6) is -0.294. The van der Waals surface area contributed by atoms with E-state index in [-0.39, 0.29) is 12.3 Å². The highest BCUT2D eigenvalue weighted by Gasteiger charge is 2.43. The summed E-state index contributed by atoms with van der Waals surface area (Å²) in [5, 5.41) is 0. The molecule has 1 fully saturated rings. The molecule has 0 bridgehead atoms. The van der Waals surface area contributed by atoms with Gasteiger partial charge in [0.1, 0.15) is 6.23 Å². The van der Waals surface area contributed by atoms with E-state index in [9.17, 15) is 33.1 Å². The molecule has 0 aromatic carbocycles. The largest absolute Gasteiger partial charge is 0.496 e. The molecule has 19 heteroatoms. The smallest absolute Gasteiger partial charge is 0.352 e. The maximum absolute atomic E-state index is 11.8. The van der Waals surface area contributed by atoms with E-state index in [1.807, 2.05) is 4.98 Å². The van der Waals surface area contributed by atoms with Crippen molar-refractivity contribution in [2.45, 2.75) is 25.7 Å². The van der Waals surface area contributed by atoms with Crippen molar-refractivity contribution in [3.8, 4) is 0 Å². The minimum atomic E-state index is -5.66. The standard InChI is InChI=1S/C10H16N3O13P3/c1-6-4-7(24-9(6)13-3-2-8(14)11-10(13)15)5-23-28(19,20)26-29(21,22)25-27(17,18)12-16/h2-3,6-7,9H,4-5H2,1H3,(H,17,18)(H,19,20)(H,21,22)(H,11,14,15). The van der Waals surface area contributed by atoms with Crippen LogP contribution in [0.4, 0.5) is 0 Å². The monoisotopic (exact) mass is 479 g/mol. The van der Waals surface area contributed by atoms with Gasteiger partial charge in [-0.25, -0.2) is 18.5 Å². The number of aromatic amines is 1. The van der Waals surface area contributed by atoms with E-state index in [0.29, 0.717) is 0 Å². The van der Waals surface area contributed by atoms with Crippen molar-refractivity contribution in [1.82, 2.24) is 9.55 Å². The Hall–Kier alpha value is -1.31. The lowest BCUT2D eigenvalue weighted by molar-refractivity contribution is -0.0331. The molecule has 1 aliphatic rings. The van der Waals surface area contributed by atoms with E-state index in [1.54, 1.807) is 11.9 Å². The van der Waals surface area contributed by atoms with Crippen LogP contribution in [0.3, 0.4) is 0 Å². The van der Waals surface area contributed by atoms with Crippen LogP contribution in [0.1, 0.15) is 19.6 Å². The van der Waals surface area contributed by atoms with Crippen molar-refractivity contribution in [3.63, 3.8) is 0 Å². The van der Waals surface area contributed by atoms with Crippen LogP contribution in [0.25, 0.3) is 0 Å². The van der Waals surface area contributed by atoms with Crippen LogP contribution >= 0.6 is 23.4 Å². The number of hydrogen-bond acceptors (Lipinski definition) is 10. The van der Waals surface area contributed by atoms with E-state index >= 15 is 0 Å². The zero-order chi connectivity index (χ0) is 22.0. The first kappa shape index (κ1) is 24.0. The average Bonchev–Trinajstić information content (AvgIpc) is 2.92. The number of ether oxygens (including phenoxy) is 1. The molecule has 6 atom stereocenters. The number of hydrogen-bond donors (Lipinski definition) is 4. The minimum absolute atomic E-state index is 0.227. The van der Waals surface area contributed by atoms with Gasteiger partial charge in [-0.05, 0) is 6.42 Å². The molecule has 0 saturated carbocycles. The summed E-state index contributed by atoms with van der Waals surface area (Å²) in [6, 6.07) is 1.10. The predicted molar refractivity (Wildman–Crippen MR) is 92.4 cm³/mol. The van der Waals surface area contributed by atoms with Crippen molar-refractivity contribution >= 4 is 23.4 Å². The molecule has 2 heterocycles. The second-order valence-electron chi connectivity index (χ2n) is 5.85. The summed E-state index contributed by atoms with van der Waals surface area (Å²) in [6.45, 7) is 1.05. The Labute approximate surface area is 161 Å². The third-order valence-corrected chi connectivity index (χ3v) is 7.53. The van der Waals surface area contributed by atoms with Gasteiger partial charge in [0.05, 0.1) is 12.7 Å². The van der Waals surface area contributed by atoms with Crippen molar-refractivity contribution in [1.29, 1.82) is 0 Å². The van der Waals surface area contributed by atoms with Crippen LogP contribution < -0.4 is 11.2 Å². The van der Waals surface area contributed by atoms with Crippen LogP contribution in [0.15, 0.2) is 26.8 Å². The maximum atomic E-state index is 11.8. The van der Waals surface area contributed by atoms with Crippen LogP contribution in [-0.4, -0.2) is 36.9 Å². The molecular formula is C10H16N3O13P3. The van der Waals surface area contributed by atoms with Gasteiger partial charge in [-0.2, -0.15) is 8.62 Å². The maximum Gasteiger partial charge on any atom is 0.496 e. The normalized spacial score (nSPS) is 28.2. The van der Waals surface area contributed by atoms with Gasteiger partial charge < -0.3 is 19.4 Å². The van der Waals surface area contributed by atoms with Crippen LogP contribution in [0, 0.1) is 10.8 Å². The van der Waals surface area contributed by atoms with Crippen molar-refractivity contribution in [2.24, 2.45) is 10.9 Å². The first-order valence-electron chi connectivity index (χ1n) is 7.61. The zero-order valence-corrected chi connectivity index (χ0v) is 17.1. The quantitative estimate of drug-likeness (QED) is 0.281. The molecule has 0 amide bonds. The first-order valence-corrected chi connectivity index (χ1v) is 12.1. The van der Waals surface area contributed by atoms with Gasteiger partial charge in [-0.3, -0.25) is 18.9 Å². The lowest BCUT2D eigenvalue weighted by Gasteiger charge is -2.19. The van der Waals surface area contributed by atoms with Gasteiger partial charge in [-0.1, -0.05) is 6.92 Å². The van der Waals surface area contributed by atoms with Gasteiger partial charge >= 0.3 is 29.1 Å². The van der Waals surface area contributed by atoms with Gasteiger partial charge in [0.2, 0.25) is 0 Å². The fourth-order valence-electron chi connectivity index (χ4n) is 2.49. The highest BCUT2D eigenvalue weighted by molar-refractivity contribution is 7.67. The third kappa shape index (κ3) is 6.86. The Morgan fingerprint density at radius 1 is 1.24 bits per heavy atom. The number of phosphoric ester groups is 1. The molecular weight excluding hydrogens is 463 g/mol. The SMILES string of the molecule is CC1CC(COP(=O)(O)OP(=O)(O)OP(=O)(O)N=O)OC1n1ccc(=O)[nH]c1=O. The first-order chi connectivity index (χ1) is 13.2. The Morgan fingerprint density at radius 3 is 2.48 bits per heavy atom. The number of rotatable bonds is 9. The average molecular weight is 479 g/mol. The molecule has 0 spiro atoms. The Balaban J connectivity index is 1.99. The summed E-state index contributed by atoms with van der Waals surface area (Å²) in [4.78, 5) is 63.9. The number of aromatic nitrogens is 2. The van der Waals surface area contributed by atoms with E-state index in [0.717, 1.165) is 10.6 Å². The van der Waals surface area contributed by atoms with Gasteiger partial charge in [0, 0.05) is 23.1 Å². The molecule has 164 valence electrons. The molecule has 1 saturated heterocycles. The molecule has 1 aromatic rings. The molecule has 0 aliphatic carbocycles. The molecule has 2 rings (SSSR count). The minimum Gasteiger partial charge on any atom is -0.352 e. The van der Waals surface area contributed by atoms with Crippen molar-refractivity contribution < 1.29 is 46.3 Å². The summed E-state index contributed by atoms with van der Waals surface area (Å²) in [6.07, 6.45) is -0.264. The Kier molecular flexibility index (Phi) is 7.29. The highest BCUT2D eigenvalue weighted by Crippen LogP contribution is 2.67. The van der Waals surface area contributed by atoms with Crippen molar-refractivity contribution in [3.05, 3.63) is 38.0 Å². The number of H-pyrrole nitrogens is 1. The number of phosphoric acid groups is 2. The topological polar surface area (TPSA) is 233 Å². The molecule has 6 unspecified atom stereocenters. The zero-order valence-electron chi connectivity index (χ0n) is 14.5. The van der Waals surface area contributed by atoms with Gasteiger partial charge in [0.25, 0.3) is 5.56 Å². The van der Waals surface area contributed by atoms with E-state index in [2.05, 4.69) is 13.1 Å². The second kappa shape index (κ2) is 8.82. The summed E-state index contributed by atoms with van der Waals surface area (Å²) in [5.41, 5.74) is -1.34. The Morgan fingerprint density at radius 2 is 1.90 bits per heavy atom. The van der Waals surface area contributed by atoms with Crippen LogP contribution in [0.5, 0.6) is 0 Å². The molecule has 1 aliphatic heterocycles. The van der Waals surface area contributed by atoms with E-state index in [1.165, 1.54) is 6.20 Å². The van der Waals surface area contributed by atoms with Crippen LogP contribution in [0.2, 0.25) is 0 Å². The van der Waals surface area contributed by atoms with Crippen LogP contribution in [-0.2, 0) is 31.6 Å². The Bertz CT molecular complexity index is 1020. The fraction of sp³-hybridized carbons (Fsp3) is 0.600. The lowest BCUT2D eigenvalue weighted by Crippen LogP contribution is -2.33. The molecule has 4 N–H and O–H groups in total. The molecule has 1 aromatic heterocycles. The molecule has 29 heavy (non-hydrogen) atoms. The highest BCUT2D eigenvalue weighted by atomic mass is 31.3. The molecule has 0 radical (unpaired) electrons.